The summed E-state index contributed by atoms with van der Waals surface area (Å²) in [5.74, 6) is 0.313. The van der Waals surface area contributed by atoms with Gasteiger partial charge in [0.05, 0.1) is 10.0 Å². The largest absolute Gasteiger partial charge is 0.384 e. The summed E-state index contributed by atoms with van der Waals surface area (Å²) in [6.07, 6.45) is 0. The first-order valence-corrected chi connectivity index (χ1v) is 6.71. The smallest absolute Gasteiger partial charge is 0.222 e. The quantitative estimate of drug-likeness (QED) is 0.809. The molecule has 0 unspecified atom stereocenters. The number of nitrogen functional groups attached to an aromatic ring is 1. The van der Waals surface area contributed by atoms with Crippen LogP contribution in [0.4, 0.5) is 11.6 Å². The maximum Gasteiger partial charge on any atom is 0.222 e. The van der Waals surface area contributed by atoms with E-state index in [0.717, 1.165) is 0 Å². The van der Waals surface area contributed by atoms with Crippen molar-refractivity contribution < 1.29 is 4.79 Å². The highest BCUT2D eigenvalue weighted by Crippen LogP contribution is 2.39. The first-order chi connectivity index (χ1) is 9.38. The molecule has 1 amide bonds. The molecule has 2 rings (SSSR count). The van der Waals surface area contributed by atoms with Crippen LogP contribution in [-0.2, 0) is 4.79 Å². The lowest BCUT2D eigenvalue weighted by atomic mass is 10.1. The van der Waals surface area contributed by atoms with Crippen molar-refractivity contribution in [3.63, 3.8) is 0 Å². The minimum Gasteiger partial charge on any atom is -0.384 e. The number of aromatic nitrogens is 1. The van der Waals surface area contributed by atoms with Gasteiger partial charge in [-0.25, -0.2) is 4.98 Å². The van der Waals surface area contributed by atoms with Crippen LogP contribution in [0.2, 0.25) is 15.1 Å². The average Bonchev–Trinajstić information content (AvgIpc) is 2.33. The zero-order valence-corrected chi connectivity index (χ0v) is 12.6. The van der Waals surface area contributed by atoms with Crippen LogP contribution in [0.15, 0.2) is 24.3 Å². The predicted octanol–water partition coefficient (Wildman–Crippen LogP) is 4.25. The molecule has 104 valence electrons. The van der Waals surface area contributed by atoms with Crippen molar-refractivity contribution >= 4 is 52.3 Å². The van der Waals surface area contributed by atoms with Crippen LogP contribution in [0.25, 0.3) is 11.1 Å². The third kappa shape index (κ3) is 3.15. The Kier molecular flexibility index (Phi) is 4.38. The van der Waals surface area contributed by atoms with Crippen molar-refractivity contribution in [1.82, 2.24) is 4.98 Å². The summed E-state index contributed by atoms with van der Waals surface area (Å²) in [6, 6.07) is 6.49. The number of pyridine rings is 1. The highest BCUT2D eigenvalue weighted by molar-refractivity contribution is 6.45. The zero-order chi connectivity index (χ0) is 14.9. The molecular weight excluding hydrogens is 321 g/mol. The van der Waals surface area contributed by atoms with Gasteiger partial charge in [0.15, 0.2) is 0 Å². The standard InChI is InChI=1S/C13H10Cl3N3O/c1-6(20)18-13-8(2-3-11(17)19-13)9-4-7(14)5-10(15)12(9)16/h2-5H,1H3,(H3,17,18,19,20). The number of hydrogen-bond donors (Lipinski definition) is 2. The summed E-state index contributed by atoms with van der Waals surface area (Å²) in [5, 5.41) is 3.68. The number of carbonyl (C=O) groups is 1. The van der Waals surface area contributed by atoms with E-state index in [9.17, 15) is 4.79 Å². The second-order valence-corrected chi connectivity index (χ2v) is 5.28. The van der Waals surface area contributed by atoms with E-state index in [1.165, 1.54) is 13.0 Å². The molecule has 2 aromatic rings. The Labute approximate surface area is 130 Å². The maximum absolute atomic E-state index is 11.2. The van der Waals surface area contributed by atoms with Crippen molar-refractivity contribution in [2.75, 3.05) is 11.1 Å². The van der Waals surface area contributed by atoms with Gasteiger partial charge in [0.2, 0.25) is 5.91 Å². The minimum atomic E-state index is -0.270. The van der Waals surface area contributed by atoms with Crippen molar-refractivity contribution in [3.8, 4) is 11.1 Å². The molecule has 0 aliphatic carbocycles. The number of nitrogens with one attached hydrogen (secondary N) is 1. The van der Waals surface area contributed by atoms with Crippen molar-refractivity contribution in [1.29, 1.82) is 0 Å². The predicted molar refractivity (Wildman–Crippen MR) is 83.4 cm³/mol. The molecular formula is C13H10Cl3N3O. The first kappa shape index (κ1) is 14.9. The van der Waals surface area contributed by atoms with Crippen molar-refractivity contribution in [3.05, 3.63) is 39.3 Å². The second kappa shape index (κ2) is 5.87. The number of anilines is 2. The first-order valence-electron chi connectivity index (χ1n) is 5.57. The maximum atomic E-state index is 11.2. The Morgan fingerprint density at radius 1 is 1.20 bits per heavy atom. The lowest BCUT2D eigenvalue weighted by Gasteiger charge is -2.12. The van der Waals surface area contributed by atoms with E-state index in [1.807, 2.05) is 0 Å². The van der Waals surface area contributed by atoms with E-state index in [0.29, 0.717) is 32.0 Å². The molecule has 0 bridgehead atoms. The molecule has 20 heavy (non-hydrogen) atoms. The van der Waals surface area contributed by atoms with Crippen LogP contribution in [0.1, 0.15) is 6.92 Å². The number of amides is 1. The van der Waals surface area contributed by atoms with Crippen LogP contribution in [-0.4, -0.2) is 10.9 Å². The van der Waals surface area contributed by atoms with E-state index in [-0.39, 0.29) is 11.7 Å². The summed E-state index contributed by atoms with van der Waals surface area (Å²) in [4.78, 5) is 15.3. The molecule has 4 nitrogen and oxygen atoms in total. The molecule has 1 heterocycles. The fraction of sp³-hybridized carbons (Fsp3) is 0.0769. The number of benzene rings is 1. The molecule has 0 aliphatic rings. The fourth-order valence-electron chi connectivity index (χ4n) is 1.71. The summed E-state index contributed by atoms with van der Waals surface area (Å²) in [5.41, 5.74) is 6.79. The van der Waals surface area contributed by atoms with Gasteiger partial charge in [0.25, 0.3) is 0 Å². The Bertz CT molecular complexity index is 689. The third-order valence-corrected chi connectivity index (χ3v) is 3.51. The Morgan fingerprint density at radius 3 is 2.55 bits per heavy atom. The molecule has 0 spiro atoms. The molecule has 0 atom stereocenters. The van der Waals surface area contributed by atoms with E-state index < -0.39 is 0 Å². The lowest BCUT2D eigenvalue weighted by Crippen LogP contribution is -2.09. The Morgan fingerprint density at radius 2 is 1.90 bits per heavy atom. The average molecular weight is 331 g/mol. The van der Waals surface area contributed by atoms with Gasteiger partial charge in [0.1, 0.15) is 11.6 Å². The van der Waals surface area contributed by atoms with E-state index in [4.69, 9.17) is 40.5 Å². The highest BCUT2D eigenvalue weighted by Gasteiger charge is 2.15. The monoisotopic (exact) mass is 329 g/mol. The summed E-state index contributed by atoms with van der Waals surface area (Å²) in [6.45, 7) is 1.38. The summed E-state index contributed by atoms with van der Waals surface area (Å²) >= 11 is 18.2. The molecule has 1 aromatic heterocycles. The molecule has 3 N–H and O–H groups in total. The van der Waals surface area contributed by atoms with Gasteiger partial charge in [-0.2, -0.15) is 0 Å². The Hall–Kier alpha value is -1.49. The van der Waals surface area contributed by atoms with Gasteiger partial charge in [0, 0.05) is 23.1 Å². The van der Waals surface area contributed by atoms with Crippen molar-refractivity contribution in [2.45, 2.75) is 6.92 Å². The van der Waals surface area contributed by atoms with Gasteiger partial charge in [-0.3, -0.25) is 4.79 Å². The van der Waals surface area contributed by atoms with Gasteiger partial charge in [-0.15, -0.1) is 0 Å². The van der Waals surface area contributed by atoms with Gasteiger partial charge >= 0.3 is 0 Å². The second-order valence-electron chi connectivity index (χ2n) is 4.06. The van der Waals surface area contributed by atoms with E-state index in [2.05, 4.69) is 10.3 Å². The van der Waals surface area contributed by atoms with Crippen LogP contribution in [0, 0.1) is 0 Å². The number of halogens is 3. The molecule has 0 saturated heterocycles. The molecule has 0 aliphatic heterocycles. The van der Waals surface area contributed by atoms with Crippen LogP contribution >= 0.6 is 34.8 Å². The van der Waals surface area contributed by atoms with E-state index >= 15 is 0 Å². The van der Waals surface area contributed by atoms with Crippen molar-refractivity contribution in [2.24, 2.45) is 0 Å². The minimum absolute atomic E-state index is 0.270. The molecule has 0 fully saturated rings. The number of hydrogen-bond acceptors (Lipinski definition) is 3. The van der Waals surface area contributed by atoms with E-state index in [1.54, 1.807) is 18.2 Å². The van der Waals surface area contributed by atoms with Gasteiger partial charge in [-0.05, 0) is 24.3 Å². The topological polar surface area (TPSA) is 68.0 Å². The lowest BCUT2D eigenvalue weighted by molar-refractivity contribution is -0.114. The van der Waals surface area contributed by atoms with Crippen LogP contribution < -0.4 is 11.1 Å². The van der Waals surface area contributed by atoms with Gasteiger partial charge < -0.3 is 11.1 Å². The number of nitrogens with zero attached hydrogens (tertiary/aromatic N) is 1. The SMILES string of the molecule is CC(=O)Nc1nc(N)ccc1-c1cc(Cl)cc(Cl)c1Cl. The van der Waals surface area contributed by atoms with Crippen LogP contribution in [0.5, 0.6) is 0 Å². The highest BCUT2D eigenvalue weighted by atomic mass is 35.5. The molecule has 1 aromatic carbocycles. The Balaban J connectivity index is 2.66. The zero-order valence-electron chi connectivity index (χ0n) is 10.4. The fourth-order valence-corrected chi connectivity index (χ4v) is 2.41. The number of carbonyl (C=O) groups excluding carboxylic acids is 1. The summed E-state index contributed by atoms with van der Waals surface area (Å²) in [7, 11) is 0. The van der Waals surface area contributed by atoms with Crippen LogP contribution in [0.3, 0.4) is 0 Å². The van der Waals surface area contributed by atoms with Gasteiger partial charge in [-0.1, -0.05) is 34.8 Å². The number of rotatable bonds is 2. The molecule has 7 heteroatoms. The normalized spacial score (nSPS) is 10.4. The number of nitrogens with two attached hydrogens (primary N) is 1. The third-order valence-electron chi connectivity index (χ3n) is 2.49. The molecule has 0 saturated carbocycles. The molecule has 0 radical (unpaired) electrons. The summed E-state index contributed by atoms with van der Waals surface area (Å²) < 4.78 is 0.